The van der Waals surface area contributed by atoms with E-state index in [0.717, 1.165) is 43.9 Å². The van der Waals surface area contributed by atoms with Crippen LogP contribution in [0.2, 0.25) is 0 Å². The van der Waals surface area contributed by atoms with E-state index in [-0.39, 0.29) is 0 Å². The molecule has 0 radical (unpaired) electrons. The molecule has 5 heteroatoms. The Balaban J connectivity index is 1.02. The molecule has 0 aliphatic heterocycles. The maximum atomic E-state index is 5.34. The quantitative estimate of drug-likeness (QED) is 0.180. The Morgan fingerprint density at radius 2 is 0.965 bits per heavy atom. The van der Waals surface area contributed by atoms with Crippen LogP contribution in [0, 0.1) is 0 Å². The van der Waals surface area contributed by atoms with Crippen molar-refractivity contribution in [3.05, 3.63) is 182 Å². The summed E-state index contributed by atoms with van der Waals surface area (Å²) in [6, 6.07) is 65.7. The van der Waals surface area contributed by atoms with Crippen molar-refractivity contribution in [1.82, 2.24) is 18.9 Å². The van der Waals surface area contributed by atoms with E-state index in [2.05, 4.69) is 191 Å². The third-order valence-electron chi connectivity index (χ3n) is 11.9. The lowest BCUT2D eigenvalue weighted by Gasteiger charge is -2.11. The van der Waals surface area contributed by atoms with Gasteiger partial charge in [0.1, 0.15) is 0 Å². The molecular formula is C52H30N4S. The molecule has 0 fully saturated rings. The number of thiophene rings is 1. The number of hydrogen-bond acceptors (Lipinski definition) is 3. The number of para-hydroxylation sites is 3. The average Bonchev–Trinajstić information content (AvgIpc) is 4.02. The van der Waals surface area contributed by atoms with Gasteiger partial charge in [-0.3, -0.25) is 0 Å². The SMILES string of the molecule is c1ccc(-c2ccc(-c3nc(-c4ccc(-n5c6ccccc6c6cc7c8ccccc8n8c9ccccc9c(c65)c78)cc4)nc4c3sc3ccccc34)cc2)cc1. The lowest BCUT2D eigenvalue weighted by atomic mass is 10.0. The zero-order chi connectivity index (χ0) is 37.2. The summed E-state index contributed by atoms with van der Waals surface area (Å²) >= 11 is 1.77. The highest BCUT2D eigenvalue weighted by Gasteiger charge is 2.24. The normalized spacial score (nSPS) is 12.2. The molecular weight excluding hydrogens is 713 g/mol. The van der Waals surface area contributed by atoms with Gasteiger partial charge in [0.05, 0.1) is 43.5 Å². The fourth-order valence-electron chi connectivity index (χ4n) is 9.35. The van der Waals surface area contributed by atoms with Crippen LogP contribution >= 0.6 is 11.3 Å². The molecule has 5 heterocycles. The highest BCUT2D eigenvalue weighted by Crippen LogP contribution is 2.47. The van der Waals surface area contributed by atoms with Gasteiger partial charge in [-0.15, -0.1) is 11.3 Å². The molecule has 0 aliphatic carbocycles. The Bertz CT molecular complexity index is 3720. The molecule has 13 aromatic rings. The van der Waals surface area contributed by atoms with E-state index in [4.69, 9.17) is 9.97 Å². The van der Waals surface area contributed by atoms with Gasteiger partial charge in [0, 0.05) is 59.2 Å². The summed E-state index contributed by atoms with van der Waals surface area (Å²) in [4.78, 5) is 10.6. The summed E-state index contributed by atoms with van der Waals surface area (Å²) in [5, 5.41) is 8.80. The van der Waals surface area contributed by atoms with Crippen LogP contribution in [0.25, 0.3) is 120 Å². The Kier molecular flexibility index (Phi) is 6.29. The van der Waals surface area contributed by atoms with Crippen LogP contribution < -0.4 is 0 Å². The van der Waals surface area contributed by atoms with E-state index in [0.29, 0.717) is 0 Å². The van der Waals surface area contributed by atoms with Crippen LogP contribution in [0.4, 0.5) is 0 Å². The third kappa shape index (κ3) is 4.32. The first-order chi connectivity index (χ1) is 28.3. The minimum atomic E-state index is 0.723. The predicted molar refractivity (Wildman–Crippen MR) is 240 cm³/mol. The first-order valence-electron chi connectivity index (χ1n) is 19.3. The smallest absolute Gasteiger partial charge is 0.160 e. The standard InChI is InChI=1S/C52H30N4S/c1-2-12-31(13-3-1)32-22-24-33(25-23-32)47-51-48(39-17-7-11-21-45(39)57-51)54-52(53-47)34-26-28-35(29-27-34)55-42-18-8-4-14-36(42)40-30-41-37-15-5-9-19-43(37)56-44-20-10-6-16-38(44)46(49(40)55)50(41)56/h1-30H. The molecule has 0 aliphatic rings. The third-order valence-corrected chi connectivity index (χ3v) is 13.0. The van der Waals surface area contributed by atoms with Crippen LogP contribution in [-0.4, -0.2) is 18.9 Å². The Hall–Kier alpha value is -7.34. The molecule has 57 heavy (non-hydrogen) atoms. The Labute approximate surface area is 330 Å². The van der Waals surface area contributed by atoms with Crippen LogP contribution in [0.3, 0.4) is 0 Å². The van der Waals surface area contributed by atoms with Crippen molar-refractivity contribution in [2.24, 2.45) is 0 Å². The van der Waals surface area contributed by atoms with Crippen LogP contribution in [-0.2, 0) is 0 Å². The Morgan fingerprint density at radius 3 is 1.74 bits per heavy atom. The molecule has 5 aromatic heterocycles. The average molecular weight is 743 g/mol. The van der Waals surface area contributed by atoms with Gasteiger partial charge in [-0.2, -0.15) is 0 Å². The summed E-state index contributed by atoms with van der Waals surface area (Å²) in [5.41, 5.74) is 13.7. The minimum absolute atomic E-state index is 0.723. The lowest BCUT2D eigenvalue weighted by molar-refractivity contribution is 1.18. The topological polar surface area (TPSA) is 35.1 Å². The van der Waals surface area contributed by atoms with Gasteiger partial charge in [-0.05, 0) is 65.7 Å². The minimum Gasteiger partial charge on any atom is -0.309 e. The van der Waals surface area contributed by atoms with Crippen molar-refractivity contribution in [2.45, 2.75) is 0 Å². The maximum Gasteiger partial charge on any atom is 0.160 e. The molecule has 264 valence electrons. The monoisotopic (exact) mass is 742 g/mol. The number of nitrogens with zero attached hydrogens (tertiary/aromatic N) is 4. The molecule has 0 spiro atoms. The molecule has 0 saturated heterocycles. The molecule has 0 atom stereocenters. The highest BCUT2D eigenvalue weighted by atomic mass is 32.1. The molecule has 0 saturated carbocycles. The zero-order valence-corrected chi connectivity index (χ0v) is 31.3. The fraction of sp³-hybridized carbons (Fsp3) is 0. The first kappa shape index (κ1) is 30.9. The fourth-order valence-corrected chi connectivity index (χ4v) is 10.5. The molecule has 0 unspecified atom stereocenters. The van der Waals surface area contributed by atoms with Crippen molar-refractivity contribution in [3.63, 3.8) is 0 Å². The summed E-state index contributed by atoms with van der Waals surface area (Å²) in [6.45, 7) is 0. The van der Waals surface area contributed by atoms with E-state index in [1.807, 2.05) is 0 Å². The van der Waals surface area contributed by atoms with Crippen molar-refractivity contribution in [3.8, 4) is 39.5 Å². The number of aromatic nitrogens is 4. The van der Waals surface area contributed by atoms with Crippen LogP contribution in [0.15, 0.2) is 182 Å². The van der Waals surface area contributed by atoms with Gasteiger partial charge in [0.25, 0.3) is 0 Å². The van der Waals surface area contributed by atoms with Gasteiger partial charge in [-0.25, -0.2) is 9.97 Å². The van der Waals surface area contributed by atoms with E-state index in [9.17, 15) is 0 Å². The molecule has 0 amide bonds. The van der Waals surface area contributed by atoms with Gasteiger partial charge >= 0.3 is 0 Å². The van der Waals surface area contributed by atoms with E-state index < -0.39 is 0 Å². The largest absolute Gasteiger partial charge is 0.309 e. The number of fused-ring (bicyclic) bond motifs is 13. The zero-order valence-electron chi connectivity index (χ0n) is 30.5. The number of rotatable bonds is 4. The Morgan fingerprint density at radius 1 is 0.404 bits per heavy atom. The summed E-state index contributed by atoms with van der Waals surface area (Å²) < 4.78 is 7.25. The lowest BCUT2D eigenvalue weighted by Crippen LogP contribution is -1.96. The molecule has 0 bridgehead atoms. The second kappa shape index (κ2) is 11.6. The van der Waals surface area contributed by atoms with Gasteiger partial charge in [0.15, 0.2) is 5.82 Å². The predicted octanol–water partition coefficient (Wildman–Crippen LogP) is 14.1. The highest BCUT2D eigenvalue weighted by molar-refractivity contribution is 7.26. The van der Waals surface area contributed by atoms with E-state index in [1.165, 1.54) is 75.7 Å². The molecule has 13 rings (SSSR count). The molecule has 0 N–H and O–H groups in total. The number of benzene rings is 8. The van der Waals surface area contributed by atoms with Gasteiger partial charge in [0.2, 0.25) is 0 Å². The number of hydrogen-bond donors (Lipinski definition) is 0. The summed E-state index contributed by atoms with van der Waals surface area (Å²) in [7, 11) is 0. The summed E-state index contributed by atoms with van der Waals surface area (Å²) in [5.74, 6) is 0.723. The first-order valence-corrected chi connectivity index (χ1v) is 20.2. The second-order valence-corrected chi connectivity index (χ2v) is 16.0. The van der Waals surface area contributed by atoms with Gasteiger partial charge < -0.3 is 8.97 Å². The molecule has 8 aromatic carbocycles. The van der Waals surface area contributed by atoms with E-state index in [1.54, 1.807) is 11.3 Å². The molecule has 4 nitrogen and oxygen atoms in total. The van der Waals surface area contributed by atoms with Crippen molar-refractivity contribution in [2.75, 3.05) is 0 Å². The van der Waals surface area contributed by atoms with E-state index >= 15 is 0 Å². The van der Waals surface area contributed by atoms with Crippen molar-refractivity contribution >= 4 is 91.5 Å². The second-order valence-electron chi connectivity index (χ2n) is 14.9. The van der Waals surface area contributed by atoms with Crippen LogP contribution in [0.5, 0.6) is 0 Å². The van der Waals surface area contributed by atoms with Crippen LogP contribution in [0.1, 0.15) is 0 Å². The van der Waals surface area contributed by atoms with Crippen molar-refractivity contribution < 1.29 is 0 Å². The van der Waals surface area contributed by atoms with Gasteiger partial charge in [-0.1, -0.05) is 127 Å². The van der Waals surface area contributed by atoms with Crippen molar-refractivity contribution in [1.29, 1.82) is 0 Å². The summed E-state index contributed by atoms with van der Waals surface area (Å²) in [6.07, 6.45) is 0. The maximum absolute atomic E-state index is 5.34.